The fourth-order valence-corrected chi connectivity index (χ4v) is 6.86. The van der Waals surface area contributed by atoms with Gasteiger partial charge in [0.05, 0.1) is 0 Å². The van der Waals surface area contributed by atoms with Gasteiger partial charge in [-0.1, -0.05) is 109 Å². The van der Waals surface area contributed by atoms with E-state index in [-0.39, 0.29) is 51.0 Å². The monoisotopic (exact) mass is 774 g/mol. The molecule has 51 heavy (non-hydrogen) atoms. The predicted octanol–water partition coefficient (Wildman–Crippen LogP) is 5.83. The summed E-state index contributed by atoms with van der Waals surface area (Å²) in [6, 6.07) is 41.6. The molecular formula is C46H30Cl2O2Zr. The third kappa shape index (κ3) is 7.12. The first-order valence-electron chi connectivity index (χ1n) is 16.3. The minimum Gasteiger partial charge on any atom is -1.00 e. The normalized spacial score (nSPS) is 16.5. The summed E-state index contributed by atoms with van der Waals surface area (Å²) in [4.78, 5) is 0. The maximum Gasteiger partial charge on any atom is 4.00 e. The van der Waals surface area contributed by atoms with E-state index < -0.39 is 0 Å². The van der Waals surface area contributed by atoms with Gasteiger partial charge in [-0.3, -0.25) is 0 Å². The van der Waals surface area contributed by atoms with Gasteiger partial charge in [-0.05, 0) is 47.2 Å². The van der Waals surface area contributed by atoms with Crippen molar-refractivity contribution in [3.63, 3.8) is 0 Å². The van der Waals surface area contributed by atoms with Crippen molar-refractivity contribution in [3.8, 4) is 45.3 Å². The molecule has 0 N–H and O–H groups in total. The van der Waals surface area contributed by atoms with Crippen LogP contribution in [0, 0.1) is 12.2 Å². The van der Waals surface area contributed by atoms with Crippen LogP contribution in [0.4, 0.5) is 0 Å². The summed E-state index contributed by atoms with van der Waals surface area (Å²) in [6.07, 6.45) is 24.2. The first-order chi connectivity index (χ1) is 23.8. The molecule has 0 aliphatic heterocycles. The fraction of sp³-hybridized carbons (Fsp3) is 0.0435. The fourth-order valence-electron chi connectivity index (χ4n) is 6.86. The summed E-state index contributed by atoms with van der Waals surface area (Å²) in [7, 11) is 0. The van der Waals surface area contributed by atoms with Gasteiger partial charge in [-0.25, -0.2) is 0 Å². The Labute approximate surface area is 330 Å². The van der Waals surface area contributed by atoms with E-state index in [0.29, 0.717) is 11.8 Å². The van der Waals surface area contributed by atoms with Gasteiger partial charge < -0.3 is 33.6 Å². The second-order valence-electron chi connectivity index (χ2n) is 12.3. The zero-order valence-electron chi connectivity index (χ0n) is 27.4. The van der Waals surface area contributed by atoms with Crippen molar-refractivity contribution in [1.82, 2.24) is 0 Å². The molecule has 2 atom stereocenters. The summed E-state index contributed by atoms with van der Waals surface area (Å²) in [5.74, 6) is 4.29. The molecule has 6 aromatic rings. The van der Waals surface area contributed by atoms with E-state index in [9.17, 15) is 0 Å². The topological polar surface area (TPSA) is 26.3 Å². The van der Waals surface area contributed by atoms with E-state index in [1.807, 2.05) is 60.7 Å². The first kappa shape index (κ1) is 36.1. The molecule has 0 radical (unpaired) electrons. The molecule has 2 nitrogen and oxygen atoms in total. The van der Waals surface area contributed by atoms with Crippen LogP contribution in [-0.4, -0.2) is 0 Å². The zero-order chi connectivity index (χ0) is 31.9. The maximum absolute atomic E-state index is 6.07. The molecule has 0 spiro atoms. The molecule has 0 fully saturated rings. The minimum absolute atomic E-state index is 0. The molecule has 4 aromatic carbocycles. The predicted molar refractivity (Wildman–Crippen MR) is 193 cm³/mol. The quantitative estimate of drug-likeness (QED) is 0.211. The van der Waals surface area contributed by atoms with Crippen LogP contribution in [0.2, 0.25) is 0 Å². The van der Waals surface area contributed by atoms with Crippen LogP contribution >= 0.6 is 0 Å². The van der Waals surface area contributed by atoms with Crippen molar-refractivity contribution in [3.05, 3.63) is 215 Å². The number of hydrogen-bond acceptors (Lipinski definition) is 2. The number of fused-ring (bicyclic) bond motifs is 6. The third-order valence-corrected chi connectivity index (χ3v) is 9.28. The van der Waals surface area contributed by atoms with Crippen LogP contribution in [0.5, 0.6) is 0 Å². The molecule has 0 saturated heterocycles. The number of benzene rings is 4. The number of hydrogen-bond donors (Lipinski definition) is 0. The van der Waals surface area contributed by atoms with Crippen LogP contribution in [0.15, 0.2) is 190 Å². The van der Waals surface area contributed by atoms with Gasteiger partial charge >= 0.3 is 26.2 Å². The second-order valence-corrected chi connectivity index (χ2v) is 12.3. The van der Waals surface area contributed by atoms with Gasteiger partial charge in [0, 0.05) is 11.1 Å². The Morgan fingerprint density at radius 2 is 0.804 bits per heavy atom. The van der Waals surface area contributed by atoms with E-state index in [0.717, 1.165) is 45.3 Å². The smallest absolute Gasteiger partial charge is 1.00 e. The maximum atomic E-state index is 6.07. The van der Waals surface area contributed by atoms with E-state index in [1.54, 1.807) is 0 Å². The molecule has 2 unspecified atom stereocenters. The first-order valence-corrected chi connectivity index (χ1v) is 16.3. The van der Waals surface area contributed by atoms with Crippen molar-refractivity contribution in [1.29, 1.82) is 0 Å². The minimum atomic E-state index is 0. The molecule has 0 saturated carbocycles. The summed E-state index contributed by atoms with van der Waals surface area (Å²) >= 11 is 0. The molecule has 244 valence electrons. The third-order valence-electron chi connectivity index (χ3n) is 9.28. The van der Waals surface area contributed by atoms with Crippen molar-refractivity contribution in [2.75, 3.05) is 0 Å². The summed E-state index contributed by atoms with van der Waals surface area (Å²) in [5, 5.41) is 0. The largest absolute Gasteiger partial charge is 4.00 e. The van der Waals surface area contributed by atoms with Crippen LogP contribution in [0.3, 0.4) is 0 Å². The zero-order valence-corrected chi connectivity index (χ0v) is 31.4. The van der Waals surface area contributed by atoms with Crippen molar-refractivity contribution < 1.29 is 59.9 Å². The van der Waals surface area contributed by atoms with Gasteiger partial charge in [0.15, 0.2) is 0 Å². The SMILES string of the molecule is [C-]1=C2C=CC=CC2c2ccc(-c3ccc(-c4ccccc4)o3)cc21.[C-]1=C2C=CC=CC2c2ccc(-c3ccc(-c4ccccc4)o3)cc21.[Cl-].[Cl-].[Zr+4]. The molecule has 0 bridgehead atoms. The number of furan rings is 2. The summed E-state index contributed by atoms with van der Waals surface area (Å²) < 4.78 is 12.1. The average molecular weight is 777 g/mol. The summed E-state index contributed by atoms with van der Waals surface area (Å²) in [5.41, 5.74) is 11.9. The number of halogens is 2. The molecule has 10 rings (SSSR count). The van der Waals surface area contributed by atoms with Crippen molar-refractivity contribution >= 4 is 0 Å². The van der Waals surface area contributed by atoms with Crippen LogP contribution in [-0.2, 0) is 26.2 Å². The Balaban J connectivity index is 0.000000166. The standard InChI is InChI=1S/2C23H15O.2ClH.Zr/c2*1-2-6-16(7-3-1)22-12-13-23(24-22)18-10-11-21-19(15-18)14-17-8-4-5-9-20(17)21;;;/h2*1-13,15,20H;2*1H;/q2*-1;;;+4/p-2. The van der Waals surface area contributed by atoms with E-state index in [4.69, 9.17) is 8.83 Å². The van der Waals surface area contributed by atoms with Gasteiger partial charge in [0.1, 0.15) is 23.0 Å². The van der Waals surface area contributed by atoms with Gasteiger partial charge in [0.2, 0.25) is 0 Å². The number of rotatable bonds is 4. The van der Waals surface area contributed by atoms with E-state index in [2.05, 4.69) is 121 Å². The number of allylic oxidation sites excluding steroid dienone is 10. The Morgan fingerprint density at radius 1 is 0.412 bits per heavy atom. The Hall–Kier alpha value is -4.66. The Bertz CT molecular complexity index is 2190. The molecule has 4 aliphatic rings. The second kappa shape index (κ2) is 15.7. The molecule has 5 heteroatoms. The van der Waals surface area contributed by atoms with Crippen molar-refractivity contribution in [2.45, 2.75) is 11.8 Å². The van der Waals surface area contributed by atoms with Crippen LogP contribution in [0.1, 0.15) is 34.1 Å². The molecule has 4 aliphatic carbocycles. The Kier molecular flexibility index (Phi) is 11.1. The van der Waals surface area contributed by atoms with E-state index in [1.165, 1.54) is 33.4 Å². The van der Waals surface area contributed by atoms with Crippen LogP contribution in [0.25, 0.3) is 45.3 Å². The van der Waals surface area contributed by atoms with E-state index >= 15 is 0 Å². The molecule has 0 amide bonds. The van der Waals surface area contributed by atoms with Gasteiger partial charge in [0.25, 0.3) is 0 Å². The average Bonchev–Trinajstić information content (AvgIpc) is 3.97. The molecule has 2 aromatic heterocycles. The molecule has 2 heterocycles. The van der Waals surface area contributed by atoms with Gasteiger partial charge in [-0.2, -0.15) is 0 Å². The summed E-state index contributed by atoms with van der Waals surface area (Å²) in [6.45, 7) is 0. The van der Waals surface area contributed by atoms with Crippen molar-refractivity contribution in [2.24, 2.45) is 0 Å². The molecular weight excluding hydrogens is 747 g/mol. The Morgan fingerprint density at radius 3 is 1.22 bits per heavy atom. The van der Waals surface area contributed by atoms with Crippen LogP contribution < -0.4 is 24.8 Å². The van der Waals surface area contributed by atoms with Gasteiger partial charge in [-0.15, -0.1) is 82.0 Å².